The van der Waals surface area contributed by atoms with Crippen molar-refractivity contribution in [3.63, 3.8) is 0 Å². The Hall–Kier alpha value is -0.870. The second-order valence-electron chi connectivity index (χ2n) is 4.97. The number of hydrogen-bond acceptors (Lipinski definition) is 4. The van der Waals surface area contributed by atoms with Crippen LogP contribution in [0.15, 0.2) is 18.2 Å². The molecule has 1 aliphatic rings. The van der Waals surface area contributed by atoms with Gasteiger partial charge in [0.05, 0.1) is 14.2 Å². The molecule has 1 N–H and O–H groups in total. The van der Waals surface area contributed by atoms with E-state index in [0.29, 0.717) is 17.3 Å². The van der Waals surface area contributed by atoms with E-state index in [1.54, 1.807) is 14.2 Å². The lowest BCUT2D eigenvalue weighted by Gasteiger charge is -2.23. The van der Waals surface area contributed by atoms with Gasteiger partial charge in [-0.1, -0.05) is 13.0 Å². The molecule has 1 aromatic rings. The molecule has 1 heterocycles. The molecule has 2 rings (SSSR count). The predicted molar refractivity (Wildman–Crippen MR) is 81.4 cm³/mol. The highest BCUT2D eigenvalue weighted by molar-refractivity contribution is 8.00. The summed E-state index contributed by atoms with van der Waals surface area (Å²) < 4.78 is 10.6. The Morgan fingerprint density at radius 1 is 1.26 bits per heavy atom. The van der Waals surface area contributed by atoms with Crippen LogP contribution in [-0.2, 0) is 0 Å². The largest absolute Gasteiger partial charge is 0.493 e. The molecule has 1 saturated heterocycles. The average molecular weight is 281 g/mol. The molecule has 3 nitrogen and oxygen atoms in total. The quantitative estimate of drug-likeness (QED) is 0.897. The maximum Gasteiger partial charge on any atom is 0.161 e. The maximum absolute atomic E-state index is 5.36. The van der Waals surface area contributed by atoms with Crippen molar-refractivity contribution in [3.05, 3.63) is 23.8 Å². The van der Waals surface area contributed by atoms with Crippen molar-refractivity contribution in [1.82, 2.24) is 5.32 Å². The number of nitrogens with one attached hydrogen (secondary N) is 1. The van der Waals surface area contributed by atoms with Gasteiger partial charge in [-0.2, -0.15) is 11.8 Å². The van der Waals surface area contributed by atoms with Gasteiger partial charge < -0.3 is 14.8 Å². The van der Waals surface area contributed by atoms with Crippen LogP contribution in [0.4, 0.5) is 0 Å². The van der Waals surface area contributed by atoms with Crippen LogP contribution in [0.1, 0.15) is 31.9 Å². The molecule has 0 saturated carbocycles. The number of ether oxygens (including phenoxy) is 2. The van der Waals surface area contributed by atoms with E-state index < -0.39 is 0 Å². The van der Waals surface area contributed by atoms with E-state index in [2.05, 4.69) is 31.3 Å². The Kier molecular flexibility index (Phi) is 4.99. The third kappa shape index (κ3) is 3.37. The first-order valence-electron chi connectivity index (χ1n) is 6.75. The molecular formula is C15H23NO2S. The van der Waals surface area contributed by atoms with Gasteiger partial charge in [-0.3, -0.25) is 0 Å². The van der Waals surface area contributed by atoms with Crippen molar-refractivity contribution in [2.24, 2.45) is 0 Å². The standard InChI is InChI=1S/C15H23NO2S/c1-10(16-13-7-8-19-11(13)2)12-5-6-14(17-3)15(9-12)18-4/h5-6,9-11,13,16H,7-8H2,1-4H3. The highest BCUT2D eigenvalue weighted by Gasteiger charge is 2.25. The molecule has 1 aliphatic heterocycles. The SMILES string of the molecule is COc1ccc(C(C)NC2CCSC2C)cc1OC. The van der Waals surface area contributed by atoms with Gasteiger partial charge in [0.2, 0.25) is 0 Å². The Morgan fingerprint density at radius 2 is 2.00 bits per heavy atom. The van der Waals surface area contributed by atoms with Gasteiger partial charge in [-0.25, -0.2) is 0 Å². The van der Waals surface area contributed by atoms with Crippen molar-refractivity contribution < 1.29 is 9.47 Å². The van der Waals surface area contributed by atoms with Crippen LogP contribution >= 0.6 is 11.8 Å². The van der Waals surface area contributed by atoms with Crippen LogP contribution in [0.5, 0.6) is 11.5 Å². The highest BCUT2D eigenvalue weighted by atomic mass is 32.2. The summed E-state index contributed by atoms with van der Waals surface area (Å²) in [5, 5.41) is 4.41. The van der Waals surface area contributed by atoms with E-state index in [9.17, 15) is 0 Å². The zero-order chi connectivity index (χ0) is 13.8. The molecule has 3 atom stereocenters. The Labute approximate surface area is 120 Å². The van der Waals surface area contributed by atoms with Gasteiger partial charge in [-0.05, 0) is 36.8 Å². The van der Waals surface area contributed by atoms with Gasteiger partial charge in [0.25, 0.3) is 0 Å². The molecule has 4 heteroatoms. The first-order chi connectivity index (χ1) is 9.15. The maximum atomic E-state index is 5.36. The highest BCUT2D eigenvalue weighted by Crippen LogP contribution is 2.32. The molecule has 0 aromatic heterocycles. The van der Waals surface area contributed by atoms with Crippen molar-refractivity contribution in [2.45, 2.75) is 37.6 Å². The Bertz CT molecular complexity index is 425. The summed E-state index contributed by atoms with van der Waals surface area (Å²) >= 11 is 2.05. The minimum atomic E-state index is 0.325. The number of methoxy groups -OCH3 is 2. The van der Waals surface area contributed by atoms with E-state index in [0.717, 1.165) is 11.5 Å². The van der Waals surface area contributed by atoms with Crippen molar-refractivity contribution >= 4 is 11.8 Å². The Morgan fingerprint density at radius 3 is 2.58 bits per heavy atom. The third-order valence-electron chi connectivity index (χ3n) is 3.75. The van der Waals surface area contributed by atoms with E-state index in [1.165, 1.54) is 17.7 Å². The smallest absolute Gasteiger partial charge is 0.161 e. The normalized spacial score (nSPS) is 24.2. The van der Waals surface area contributed by atoms with Gasteiger partial charge in [-0.15, -0.1) is 0 Å². The molecule has 0 radical (unpaired) electrons. The van der Waals surface area contributed by atoms with Crippen molar-refractivity contribution in [1.29, 1.82) is 0 Å². The third-order valence-corrected chi connectivity index (χ3v) is 5.07. The molecule has 1 fully saturated rings. The molecule has 19 heavy (non-hydrogen) atoms. The number of benzene rings is 1. The zero-order valence-corrected chi connectivity index (χ0v) is 12.9. The molecule has 0 spiro atoms. The number of rotatable bonds is 5. The fraction of sp³-hybridized carbons (Fsp3) is 0.600. The first kappa shape index (κ1) is 14.5. The van der Waals surface area contributed by atoms with Gasteiger partial charge >= 0.3 is 0 Å². The topological polar surface area (TPSA) is 30.5 Å². The second-order valence-corrected chi connectivity index (χ2v) is 6.46. The Balaban J connectivity index is 2.08. The average Bonchev–Trinajstić information content (AvgIpc) is 2.83. The monoisotopic (exact) mass is 281 g/mol. The lowest BCUT2D eigenvalue weighted by molar-refractivity contribution is 0.353. The fourth-order valence-corrected chi connectivity index (χ4v) is 3.70. The molecule has 106 valence electrons. The van der Waals surface area contributed by atoms with Gasteiger partial charge in [0.1, 0.15) is 0 Å². The van der Waals surface area contributed by atoms with Gasteiger partial charge in [0, 0.05) is 17.3 Å². The van der Waals surface area contributed by atoms with Crippen LogP contribution < -0.4 is 14.8 Å². The summed E-state index contributed by atoms with van der Waals surface area (Å²) in [7, 11) is 3.34. The van der Waals surface area contributed by atoms with E-state index >= 15 is 0 Å². The van der Waals surface area contributed by atoms with Crippen LogP contribution in [0.25, 0.3) is 0 Å². The van der Waals surface area contributed by atoms with Crippen LogP contribution in [0.2, 0.25) is 0 Å². The van der Waals surface area contributed by atoms with Crippen LogP contribution in [0.3, 0.4) is 0 Å². The first-order valence-corrected chi connectivity index (χ1v) is 7.80. The molecule has 1 aromatic carbocycles. The summed E-state index contributed by atoms with van der Waals surface area (Å²) in [4.78, 5) is 0. The molecule has 0 bridgehead atoms. The minimum Gasteiger partial charge on any atom is -0.493 e. The molecule has 3 unspecified atom stereocenters. The summed E-state index contributed by atoms with van der Waals surface area (Å²) in [5.41, 5.74) is 1.24. The lowest BCUT2D eigenvalue weighted by atomic mass is 10.0. The summed E-state index contributed by atoms with van der Waals surface area (Å²) in [5.74, 6) is 2.84. The second kappa shape index (κ2) is 6.53. The van der Waals surface area contributed by atoms with E-state index in [-0.39, 0.29) is 0 Å². The molecular weight excluding hydrogens is 258 g/mol. The minimum absolute atomic E-state index is 0.325. The molecule has 0 amide bonds. The summed E-state index contributed by atoms with van der Waals surface area (Å²) in [6, 6.07) is 7.06. The summed E-state index contributed by atoms with van der Waals surface area (Å²) in [6.45, 7) is 4.51. The van der Waals surface area contributed by atoms with Crippen molar-refractivity contribution in [3.8, 4) is 11.5 Å². The zero-order valence-electron chi connectivity index (χ0n) is 12.1. The van der Waals surface area contributed by atoms with Crippen LogP contribution in [0, 0.1) is 0 Å². The molecule has 0 aliphatic carbocycles. The van der Waals surface area contributed by atoms with Gasteiger partial charge in [0.15, 0.2) is 11.5 Å². The number of thioether (sulfide) groups is 1. The summed E-state index contributed by atoms with van der Waals surface area (Å²) in [6.07, 6.45) is 1.25. The van der Waals surface area contributed by atoms with E-state index in [1.807, 2.05) is 17.8 Å². The predicted octanol–water partition coefficient (Wildman–Crippen LogP) is 3.25. The fourth-order valence-electron chi connectivity index (χ4n) is 2.49. The lowest BCUT2D eigenvalue weighted by Crippen LogP contribution is -2.35. The van der Waals surface area contributed by atoms with Crippen molar-refractivity contribution in [2.75, 3.05) is 20.0 Å². The van der Waals surface area contributed by atoms with E-state index in [4.69, 9.17) is 9.47 Å². The number of hydrogen-bond donors (Lipinski definition) is 1. The van der Waals surface area contributed by atoms with Crippen LogP contribution in [-0.4, -0.2) is 31.3 Å².